The molecule has 0 unspecified atom stereocenters. The van der Waals surface area contributed by atoms with Gasteiger partial charge in [0, 0.05) is 19.1 Å². The number of aryl methyl sites for hydroxylation is 2. The number of rotatable bonds is 4. The van der Waals surface area contributed by atoms with Gasteiger partial charge >= 0.3 is 0 Å². The van der Waals surface area contributed by atoms with E-state index in [2.05, 4.69) is 0 Å². The Kier molecular flexibility index (Phi) is 3.95. The summed E-state index contributed by atoms with van der Waals surface area (Å²) in [6, 6.07) is 3.34. The fourth-order valence-electron chi connectivity index (χ4n) is 3.57. The van der Waals surface area contributed by atoms with Gasteiger partial charge in [-0.25, -0.2) is 8.42 Å². The predicted molar refractivity (Wildman–Crippen MR) is 85.4 cm³/mol. The summed E-state index contributed by atoms with van der Waals surface area (Å²) >= 11 is 0. The number of benzene rings is 1. The van der Waals surface area contributed by atoms with Gasteiger partial charge < -0.3 is 10.5 Å². The van der Waals surface area contributed by atoms with E-state index in [0.717, 1.165) is 16.9 Å². The maximum atomic E-state index is 12.9. The maximum absolute atomic E-state index is 12.9. The molecule has 1 aromatic carbocycles. The van der Waals surface area contributed by atoms with Gasteiger partial charge in [-0.05, 0) is 61.8 Å². The smallest absolute Gasteiger partial charge is 0.243 e. The topological polar surface area (TPSA) is 72.6 Å². The van der Waals surface area contributed by atoms with Crippen molar-refractivity contribution < 1.29 is 13.2 Å². The van der Waals surface area contributed by atoms with Crippen LogP contribution in [0.15, 0.2) is 17.0 Å². The molecule has 2 atom stereocenters. The number of sulfonamides is 1. The van der Waals surface area contributed by atoms with Gasteiger partial charge in [-0.3, -0.25) is 0 Å². The van der Waals surface area contributed by atoms with E-state index in [0.29, 0.717) is 29.8 Å². The van der Waals surface area contributed by atoms with E-state index in [1.807, 2.05) is 13.8 Å². The summed E-state index contributed by atoms with van der Waals surface area (Å²) < 4.78 is 32.7. The van der Waals surface area contributed by atoms with Crippen molar-refractivity contribution in [2.45, 2.75) is 37.6 Å². The molecule has 122 valence electrons. The molecule has 0 bridgehead atoms. The second kappa shape index (κ2) is 5.51. The van der Waals surface area contributed by atoms with Crippen LogP contribution in [-0.2, 0) is 10.0 Å². The van der Waals surface area contributed by atoms with Crippen molar-refractivity contribution in [2.24, 2.45) is 17.6 Å². The minimum absolute atomic E-state index is 0.0392. The summed E-state index contributed by atoms with van der Waals surface area (Å²) in [5.41, 5.74) is 7.84. The molecule has 3 rings (SSSR count). The number of hydrogen-bond acceptors (Lipinski definition) is 4. The molecule has 1 aliphatic carbocycles. The van der Waals surface area contributed by atoms with Crippen molar-refractivity contribution in [1.29, 1.82) is 0 Å². The van der Waals surface area contributed by atoms with E-state index in [4.69, 9.17) is 10.5 Å². The lowest BCUT2D eigenvalue weighted by atomic mass is 9.99. The molecule has 5 nitrogen and oxygen atoms in total. The van der Waals surface area contributed by atoms with Crippen molar-refractivity contribution in [3.63, 3.8) is 0 Å². The average molecular weight is 324 g/mol. The van der Waals surface area contributed by atoms with Crippen molar-refractivity contribution in [1.82, 2.24) is 4.31 Å². The lowest BCUT2D eigenvalue weighted by molar-refractivity contribution is 0.407. The predicted octanol–water partition coefficient (Wildman–Crippen LogP) is 1.67. The Morgan fingerprint density at radius 2 is 1.77 bits per heavy atom. The third kappa shape index (κ3) is 2.64. The third-order valence-corrected chi connectivity index (χ3v) is 6.69. The largest absolute Gasteiger partial charge is 0.496 e. The van der Waals surface area contributed by atoms with Crippen LogP contribution in [0.4, 0.5) is 0 Å². The quantitative estimate of drug-likeness (QED) is 0.914. The Morgan fingerprint density at radius 3 is 2.27 bits per heavy atom. The number of ether oxygens (including phenoxy) is 1. The number of nitrogens with zero attached hydrogens (tertiary/aromatic N) is 1. The molecule has 1 aliphatic heterocycles. The average Bonchev–Trinajstić information content (AvgIpc) is 3.21. The molecule has 2 aliphatic rings. The van der Waals surface area contributed by atoms with Gasteiger partial charge in [-0.2, -0.15) is 4.31 Å². The van der Waals surface area contributed by atoms with E-state index < -0.39 is 10.0 Å². The zero-order chi connectivity index (χ0) is 16.1. The van der Waals surface area contributed by atoms with Crippen LogP contribution in [-0.4, -0.2) is 39.0 Å². The van der Waals surface area contributed by atoms with Crippen molar-refractivity contribution in [2.75, 3.05) is 20.2 Å². The van der Waals surface area contributed by atoms with Gasteiger partial charge in [-0.1, -0.05) is 0 Å². The first kappa shape index (κ1) is 15.8. The van der Waals surface area contributed by atoms with Crippen molar-refractivity contribution in [3.05, 3.63) is 23.3 Å². The van der Waals surface area contributed by atoms with Crippen molar-refractivity contribution >= 4 is 10.0 Å². The summed E-state index contributed by atoms with van der Waals surface area (Å²) in [4.78, 5) is 0.340. The summed E-state index contributed by atoms with van der Waals surface area (Å²) in [6.07, 6.45) is 2.38. The fourth-order valence-corrected chi connectivity index (χ4v) is 5.25. The van der Waals surface area contributed by atoms with E-state index >= 15 is 0 Å². The lowest BCUT2D eigenvalue weighted by Gasteiger charge is -2.18. The van der Waals surface area contributed by atoms with Gasteiger partial charge in [-0.15, -0.1) is 0 Å². The number of hydrogen-bond donors (Lipinski definition) is 1. The molecular formula is C16H24N2O3S. The molecule has 1 aromatic rings. The Balaban J connectivity index is 1.90. The maximum Gasteiger partial charge on any atom is 0.243 e. The Bertz CT molecular complexity index is 660. The van der Waals surface area contributed by atoms with Crippen molar-refractivity contribution in [3.8, 4) is 5.75 Å². The number of methoxy groups -OCH3 is 1. The first-order chi connectivity index (χ1) is 10.3. The van der Waals surface area contributed by atoms with Gasteiger partial charge in [0.2, 0.25) is 10.0 Å². The molecule has 2 fully saturated rings. The van der Waals surface area contributed by atoms with Gasteiger partial charge in [0.05, 0.1) is 12.0 Å². The Labute approximate surface area is 132 Å². The molecule has 0 radical (unpaired) electrons. The second-order valence-electron chi connectivity index (χ2n) is 6.58. The van der Waals surface area contributed by atoms with Crippen LogP contribution in [0, 0.1) is 25.7 Å². The van der Waals surface area contributed by atoms with Gasteiger partial charge in [0.15, 0.2) is 0 Å². The first-order valence-electron chi connectivity index (χ1n) is 7.75. The molecular weight excluding hydrogens is 300 g/mol. The summed E-state index contributed by atoms with van der Waals surface area (Å²) in [6.45, 7) is 4.72. The Morgan fingerprint density at radius 1 is 1.18 bits per heavy atom. The molecule has 0 aromatic heterocycles. The minimum Gasteiger partial charge on any atom is -0.496 e. The molecule has 0 spiro atoms. The molecule has 2 N–H and O–H groups in total. The highest BCUT2D eigenvalue weighted by molar-refractivity contribution is 7.89. The van der Waals surface area contributed by atoms with E-state index in [1.165, 1.54) is 12.8 Å². The fraction of sp³-hybridized carbons (Fsp3) is 0.625. The normalized spacial score (nSPS) is 26.4. The van der Waals surface area contributed by atoms with Crippen LogP contribution in [0.2, 0.25) is 0 Å². The molecule has 1 heterocycles. The van der Waals surface area contributed by atoms with Crippen LogP contribution in [0.1, 0.15) is 24.0 Å². The zero-order valence-corrected chi connectivity index (χ0v) is 14.2. The SMILES string of the molecule is COc1c(C)cc(S(=O)(=O)N2C[C@H](C3CC3)[C@@H](N)C2)cc1C. The Hall–Kier alpha value is -1.11. The van der Waals surface area contributed by atoms with Crippen LogP contribution in [0.3, 0.4) is 0 Å². The van der Waals surface area contributed by atoms with Crippen LogP contribution in [0.25, 0.3) is 0 Å². The highest BCUT2D eigenvalue weighted by Gasteiger charge is 2.44. The summed E-state index contributed by atoms with van der Waals surface area (Å²) in [7, 11) is -1.88. The molecule has 1 saturated carbocycles. The summed E-state index contributed by atoms with van der Waals surface area (Å²) in [5.74, 6) is 1.68. The molecule has 1 saturated heterocycles. The van der Waals surface area contributed by atoms with E-state index in [9.17, 15) is 8.42 Å². The summed E-state index contributed by atoms with van der Waals surface area (Å²) in [5, 5.41) is 0. The molecule has 0 amide bonds. The zero-order valence-electron chi connectivity index (χ0n) is 13.4. The van der Waals surface area contributed by atoms with Crippen LogP contribution >= 0.6 is 0 Å². The van der Waals surface area contributed by atoms with Crippen LogP contribution in [0.5, 0.6) is 5.75 Å². The highest BCUT2D eigenvalue weighted by Crippen LogP contribution is 2.42. The van der Waals surface area contributed by atoms with Gasteiger partial charge in [0.25, 0.3) is 0 Å². The standard InChI is InChI=1S/C16H24N2O3S/c1-10-6-13(7-11(2)16(10)21-3)22(19,20)18-8-14(12-4-5-12)15(17)9-18/h6-7,12,14-15H,4-5,8-9,17H2,1-3H3/t14-,15+/m1/s1. The minimum atomic E-state index is -3.48. The molecule has 22 heavy (non-hydrogen) atoms. The van der Waals surface area contributed by atoms with E-state index in [-0.39, 0.29) is 6.04 Å². The third-order valence-electron chi connectivity index (χ3n) is 4.88. The number of nitrogens with two attached hydrogens (primary N) is 1. The second-order valence-corrected chi connectivity index (χ2v) is 8.52. The van der Waals surface area contributed by atoms with E-state index in [1.54, 1.807) is 23.5 Å². The lowest BCUT2D eigenvalue weighted by Crippen LogP contribution is -2.32. The highest BCUT2D eigenvalue weighted by atomic mass is 32.2. The first-order valence-corrected chi connectivity index (χ1v) is 9.19. The van der Waals surface area contributed by atoms with Gasteiger partial charge in [0.1, 0.15) is 5.75 Å². The van der Waals surface area contributed by atoms with Crippen LogP contribution < -0.4 is 10.5 Å². The monoisotopic (exact) mass is 324 g/mol. The molecule has 6 heteroatoms.